The van der Waals surface area contributed by atoms with Gasteiger partial charge in [-0.1, -0.05) is 385 Å². The largest absolute Gasteiger partial charge is 0.466 e. The van der Waals surface area contributed by atoms with Crippen LogP contribution >= 0.6 is 0 Å². The summed E-state index contributed by atoms with van der Waals surface area (Å²) in [6.45, 7) is 4.95. The van der Waals surface area contributed by atoms with Gasteiger partial charge in [0.1, 0.15) is 0 Å². The molecule has 0 rings (SSSR count). The topological polar surface area (TPSA) is 95.9 Å². The molecule has 0 heterocycles. The van der Waals surface area contributed by atoms with Gasteiger partial charge in [0.15, 0.2) is 0 Å². The number of allylic oxidation sites excluding steroid dienone is 3. The first-order valence-electron chi connectivity index (χ1n) is 38.1. The van der Waals surface area contributed by atoms with Crippen molar-refractivity contribution in [2.45, 2.75) is 443 Å². The highest BCUT2D eigenvalue weighted by atomic mass is 16.5. The number of rotatable bonds is 72. The van der Waals surface area contributed by atoms with E-state index in [-0.39, 0.29) is 18.5 Å². The molecule has 0 saturated heterocycles. The van der Waals surface area contributed by atoms with Gasteiger partial charge >= 0.3 is 5.97 Å². The third kappa shape index (κ3) is 69.3. The molecule has 0 aliphatic heterocycles. The molecule has 0 saturated carbocycles. The lowest BCUT2D eigenvalue weighted by molar-refractivity contribution is -0.143. The van der Waals surface area contributed by atoms with E-state index in [1.54, 1.807) is 6.08 Å². The van der Waals surface area contributed by atoms with Gasteiger partial charge in [-0.3, -0.25) is 9.59 Å². The van der Waals surface area contributed by atoms with Gasteiger partial charge in [-0.15, -0.1) is 0 Å². The Hall–Kier alpha value is -1.66. The molecule has 0 aliphatic carbocycles. The fourth-order valence-electron chi connectivity index (χ4n) is 12.2. The van der Waals surface area contributed by atoms with Gasteiger partial charge in [0.05, 0.1) is 25.4 Å². The van der Waals surface area contributed by atoms with Gasteiger partial charge < -0.3 is 20.3 Å². The molecule has 83 heavy (non-hydrogen) atoms. The van der Waals surface area contributed by atoms with E-state index in [1.165, 1.54) is 366 Å². The molecule has 3 N–H and O–H groups in total. The van der Waals surface area contributed by atoms with Crippen LogP contribution in [-0.2, 0) is 14.3 Å². The fraction of sp³-hybridized carbons (Fsp3) is 0.922. The molecule has 0 aromatic rings. The van der Waals surface area contributed by atoms with Crippen LogP contribution in [0.25, 0.3) is 0 Å². The van der Waals surface area contributed by atoms with Crippen molar-refractivity contribution in [1.82, 2.24) is 5.32 Å². The highest BCUT2D eigenvalue weighted by Gasteiger charge is 2.18. The number of aliphatic hydroxyl groups excluding tert-OH is 2. The Bertz CT molecular complexity index is 1300. The molecular weight excluding hydrogens is 1020 g/mol. The zero-order chi connectivity index (χ0) is 59.9. The van der Waals surface area contributed by atoms with Crippen LogP contribution in [0, 0.1) is 0 Å². The first kappa shape index (κ1) is 81.3. The first-order chi connectivity index (χ1) is 41.0. The Labute approximate surface area is 520 Å². The van der Waals surface area contributed by atoms with E-state index in [0.717, 1.165) is 38.5 Å². The minimum absolute atomic E-state index is 0.0235. The normalized spacial score (nSPS) is 12.6. The standard InChI is InChI=1S/C77H149NO5/c1-3-5-7-9-11-13-15-17-18-42-46-49-53-57-61-65-69-75(80)74(73-79)78-76(81)70-66-62-58-54-50-47-43-40-38-36-34-32-30-28-26-24-22-20-19-21-23-25-27-29-31-33-35-37-39-41-44-48-52-56-60-64-68-72-83-77(82)71-67-63-59-55-51-45-16-14-12-10-8-6-4-2/h19,21,65,69,74-75,79-80H,3-18,20,22-64,66-68,70-73H2,1-2H3,(H,78,81)/b21-19-,69-65+. The van der Waals surface area contributed by atoms with Crippen molar-refractivity contribution in [3.63, 3.8) is 0 Å². The summed E-state index contributed by atoms with van der Waals surface area (Å²) >= 11 is 0. The summed E-state index contributed by atoms with van der Waals surface area (Å²) in [5.74, 6) is -0.0372. The average Bonchev–Trinajstić information content (AvgIpc) is 3.49. The Morgan fingerprint density at radius 2 is 0.566 bits per heavy atom. The average molecular weight is 1170 g/mol. The number of hydrogen-bond donors (Lipinski definition) is 3. The van der Waals surface area contributed by atoms with Crippen molar-refractivity contribution in [3.8, 4) is 0 Å². The van der Waals surface area contributed by atoms with E-state index in [1.807, 2.05) is 6.08 Å². The quantitative estimate of drug-likeness (QED) is 0.0320. The monoisotopic (exact) mass is 1170 g/mol. The van der Waals surface area contributed by atoms with E-state index < -0.39 is 12.1 Å². The number of hydrogen-bond acceptors (Lipinski definition) is 5. The number of amides is 1. The van der Waals surface area contributed by atoms with Crippen molar-refractivity contribution >= 4 is 11.9 Å². The van der Waals surface area contributed by atoms with Crippen molar-refractivity contribution in [1.29, 1.82) is 0 Å². The fourth-order valence-corrected chi connectivity index (χ4v) is 12.2. The maximum atomic E-state index is 12.5. The third-order valence-corrected chi connectivity index (χ3v) is 18.0. The van der Waals surface area contributed by atoms with Crippen LogP contribution in [0.2, 0.25) is 0 Å². The van der Waals surface area contributed by atoms with Gasteiger partial charge in [0, 0.05) is 12.8 Å². The third-order valence-electron chi connectivity index (χ3n) is 18.0. The molecule has 0 spiro atoms. The summed E-state index contributed by atoms with van der Waals surface area (Å²) in [5.41, 5.74) is 0. The molecule has 2 atom stereocenters. The van der Waals surface area contributed by atoms with Crippen LogP contribution in [0.4, 0.5) is 0 Å². The summed E-state index contributed by atoms with van der Waals surface area (Å²) in [5, 5.41) is 23.2. The smallest absolute Gasteiger partial charge is 0.305 e. The van der Waals surface area contributed by atoms with E-state index in [4.69, 9.17) is 4.74 Å². The van der Waals surface area contributed by atoms with Gasteiger partial charge in [-0.25, -0.2) is 0 Å². The molecule has 1 amide bonds. The number of nitrogens with one attached hydrogen (secondary N) is 1. The van der Waals surface area contributed by atoms with Crippen molar-refractivity contribution in [2.75, 3.05) is 13.2 Å². The number of ether oxygens (including phenoxy) is 1. The van der Waals surface area contributed by atoms with Crippen molar-refractivity contribution in [3.05, 3.63) is 24.3 Å². The molecule has 6 nitrogen and oxygen atoms in total. The van der Waals surface area contributed by atoms with Crippen LogP contribution < -0.4 is 5.32 Å². The Kier molecular flexibility index (Phi) is 71.4. The van der Waals surface area contributed by atoms with Crippen LogP contribution in [0.1, 0.15) is 431 Å². The van der Waals surface area contributed by atoms with E-state index in [0.29, 0.717) is 19.4 Å². The second-order valence-corrected chi connectivity index (χ2v) is 26.3. The molecule has 0 aromatic heterocycles. The molecule has 0 radical (unpaired) electrons. The Morgan fingerprint density at radius 3 is 0.855 bits per heavy atom. The second kappa shape index (κ2) is 72.8. The highest BCUT2D eigenvalue weighted by molar-refractivity contribution is 5.76. The molecule has 0 bridgehead atoms. The molecule has 0 fully saturated rings. The minimum Gasteiger partial charge on any atom is -0.466 e. The zero-order valence-corrected chi connectivity index (χ0v) is 56.5. The van der Waals surface area contributed by atoms with Crippen molar-refractivity contribution in [2.24, 2.45) is 0 Å². The number of carbonyl (C=O) groups excluding carboxylic acids is 2. The lowest BCUT2D eigenvalue weighted by Gasteiger charge is -2.20. The summed E-state index contributed by atoms with van der Waals surface area (Å²) < 4.78 is 5.49. The van der Waals surface area contributed by atoms with Crippen LogP contribution in [0.15, 0.2) is 24.3 Å². The lowest BCUT2D eigenvalue weighted by Crippen LogP contribution is -2.45. The summed E-state index contributed by atoms with van der Waals surface area (Å²) in [4.78, 5) is 24.6. The first-order valence-corrected chi connectivity index (χ1v) is 38.1. The maximum absolute atomic E-state index is 12.5. The van der Waals surface area contributed by atoms with Crippen LogP contribution in [0.5, 0.6) is 0 Å². The second-order valence-electron chi connectivity index (χ2n) is 26.3. The van der Waals surface area contributed by atoms with Gasteiger partial charge in [-0.2, -0.15) is 0 Å². The number of aliphatic hydroxyl groups is 2. The van der Waals surface area contributed by atoms with Crippen LogP contribution in [-0.4, -0.2) is 47.4 Å². The maximum Gasteiger partial charge on any atom is 0.305 e. The summed E-state index contributed by atoms with van der Waals surface area (Å²) in [6, 6.07) is -0.624. The molecule has 0 aliphatic rings. The van der Waals surface area contributed by atoms with Crippen molar-refractivity contribution < 1.29 is 24.5 Å². The molecule has 6 heteroatoms. The number of carbonyl (C=O) groups is 2. The minimum atomic E-state index is -0.841. The van der Waals surface area contributed by atoms with Gasteiger partial charge in [0.2, 0.25) is 5.91 Å². The Morgan fingerprint density at radius 1 is 0.325 bits per heavy atom. The van der Waals surface area contributed by atoms with Gasteiger partial charge in [-0.05, 0) is 57.8 Å². The van der Waals surface area contributed by atoms with Gasteiger partial charge in [0.25, 0.3) is 0 Å². The summed E-state index contributed by atoms with van der Waals surface area (Å²) in [7, 11) is 0. The summed E-state index contributed by atoms with van der Waals surface area (Å²) in [6.07, 6.45) is 93.0. The number of esters is 1. The predicted octanol–water partition coefficient (Wildman–Crippen LogP) is 24.9. The molecule has 492 valence electrons. The van der Waals surface area contributed by atoms with E-state index in [2.05, 4.69) is 31.3 Å². The Balaban J connectivity index is 3.34. The molecule has 2 unspecified atom stereocenters. The van der Waals surface area contributed by atoms with E-state index in [9.17, 15) is 19.8 Å². The predicted molar refractivity (Wildman–Crippen MR) is 366 cm³/mol. The lowest BCUT2D eigenvalue weighted by atomic mass is 10.0. The zero-order valence-electron chi connectivity index (χ0n) is 56.5. The van der Waals surface area contributed by atoms with Crippen LogP contribution in [0.3, 0.4) is 0 Å². The number of unbranched alkanes of at least 4 members (excludes halogenated alkanes) is 59. The SMILES string of the molecule is CCCCCCCCCCCCCCCC/C=C/C(O)C(CO)NC(=O)CCCCCCCCCCCCCCCCCCC/C=C\CCCCCCCCCCCCCCCCCCOC(=O)CCCCCCCCCCCCCCC. The molecule has 0 aromatic carbocycles. The molecular formula is C77H149NO5. The van der Waals surface area contributed by atoms with E-state index >= 15 is 0 Å². The highest BCUT2D eigenvalue weighted by Crippen LogP contribution is 2.19.